The lowest BCUT2D eigenvalue weighted by molar-refractivity contribution is -0.153. The Morgan fingerprint density at radius 2 is 2.22 bits per heavy atom. The van der Waals surface area contributed by atoms with Gasteiger partial charge < -0.3 is 19.5 Å². The van der Waals surface area contributed by atoms with Gasteiger partial charge in [-0.25, -0.2) is 13.8 Å². The summed E-state index contributed by atoms with van der Waals surface area (Å²) in [5.41, 5.74) is 0.726. The first kappa shape index (κ1) is 28.0. The monoisotopic (exact) mass is 562 g/mol. The quantitative estimate of drug-likeness (QED) is 0.358. The normalized spacial score (nSPS) is 32.1. The predicted octanol–water partition coefficient (Wildman–Crippen LogP) is 4.58. The maximum Gasteiger partial charge on any atom is 0.475 e. The average molecular weight is 563 g/mol. The van der Waals surface area contributed by atoms with Gasteiger partial charge in [0.15, 0.2) is 0 Å². The van der Waals surface area contributed by atoms with Crippen LogP contribution in [0.1, 0.15) is 44.3 Å². The van der Waals surface area contributed by atoms with Gasteiger partial charge in [0.05, 0.1) is 19.3 Å². The molecule has 0 saturated carbocycles. The first-order valence-electron chi connectivity index (χ1n) is 11.9. The van der Waals surface area contributed by atoms with E-state index in [-0.39, 0.29) is 39.4 Å². The van der Waals surface area contributed by atoms with Crippen molar-refractivity contribution < 1.29 is 46.3 Å². The highest BCUT2D eigenvalue weighted by Crippen LogP contribution is 2.57. The molecule has 5 atom stereocenters. The summed E-state index contributed by atoms with van der Waals surface area (Å²) in [5, 5.41) is 2.99. The molecule has 14 heteroatoms. The summed E-state index contributed by atoms with van der Waals surface area (Å²) < 4.78 is 60.4. The van der Waals surface area contributed by atoms with E-state index in [0.717, 1.165) is 16.7 Å². The lowest BCUT2D eigenvalue weighted by Gasteiger charge is -2.30. The van der Waals surface area contributed by atoms with Crippen LogP contribution in [-0.2, 0) is 37.1 Å². The number of phosphoric acid groups is 1. The molecule has 1 N–H and O–H groups in total. The SMILES string of the molecule is CCCC(=O)O[C@H]1C[C@H](N2/C=C(/F)COCNC2=O)O[C@@H]1COP1(=O)OCCC(c2cccc(Cl)c2)O1. The number of nitrogens with one attached hydrogen (secondary N) is 1. The second-order valence-electron chi connectivity index (χ2n) is 8.62. The molecular formula is C23H29ClFN2O9P. The largest absolute Gasteiger partial charge is 0.475 e. The Labute approximate surface area is 218 Å². The molecule has 1 aromatic carbocycles. The minimum atomic E-state index is -4.01. The fraction of sp³-hybridized carbons (Fsp3) is 0.565. The number of amides is 2. The van der Waals surface area contributed by atoms with Crippen LogP contribution in [0.2, 0.25) is 5.02 Å². The number of phosphoric ester groups is 1. The number of rotatable bonds is 8. The van der Waals surface area contributed by atoms with Crippen molar-refractivity contribution in [2.75, 3.05) is 26.6 Å². The van der Waals surface area contributed by atoms with Crippen LogP contribution in [0.5, 0.6) is 0 Å². The molecule has 4 rings (SSSR count). The van der Waals surface area contributed by atoms with E-state index in [0.29, 0.717) is 17.9 Å². The van der Waals surface area contributed by atoms with Crippen molar-refractivity contribution >= 4 is 31.4 Å². The molecule has 1 aromatic rings. The van der Waals surface area contributed by atoms with Gasteiger partial charge in [0.2, 0.25) is 0 Å². The summed E-state index contributed by atoms with van der Waals surface area (Å²) in [6.45, 7) is 1.12. The third-order valence-electron chi connectivity index (χ3n) is 5.81. The maximum atomic E-state index is 14.1. The van der Waals surface area contributed by atoms with Crippen molar-refractivity contribution in [3.05, 3.63) is 46.9 Å². The van der Waals surface area contributed by atoms with E-state index >= 15 is 0 Å². The molecule has 3 aliphatic heterocycles. The van der Waals surface area contributed by atoms with Crippen molar-refractivity contribution in [2.45, 2.75) is 57.1 Å². The molecule has 2 saturated heterocycles. The van der Waals surface area contributed by atoms with Crippen molar-refractivity contribution in [1.82, 2.24) is 10.2 Å². The van der Waals surface area contributed by atoms with E-state index in [2.05, 4.69) is 5.32 Å². The number of carbonyl (C=O) groups is 2. The molecule has 3 heterocycles. The summed E-state index contributed by atoms with van der Waals surface area (Å²) in [7, 11) is -4.01. The molecule has 0 radical (unpaired) electrons. The lowest BCUT2D eigenvalue weighted by atomic mass is 10.1. The molecule has 0 aliphatic carbocycles. The van der Waals surface area contributed by atoms with Crippen molar-refractivity contribution in [1.29, 1.82) is 0 Å². The number of hydrogen-bond donors (Lipinski definition) is 1. The highest BCUT2D eigenvalue weighted by Gasteiger charge is 2.45. The fourth-order valence-corrected chi connectivity index (χ4v) is 5.66. The van der Waals surface area contributed by atoms with E-state index < -0.39 is 50.2 Å². The zero-order valence-corrected chi connectivity index (χ0v) is 21.8. The van der Waals surface area contributed by atoms with Gasteiger partial charge in [0.1, 0.15) is 37.6 Å². The number of benzene rings is 1. The highest BCUT2D eigenvalue weighted by molar-refractivity contribution is 7.48. The molecule has 204 valence electrons. The van der Waals surface area contributed by atoms with E-state index in [1.807, 2.05) is 6.92 Å². The van der Waals surface area contributed by atoms with Gasteiger partial charge in [0, 0.05) is 30.5 Å². The van der Waals surface area contributed by atoms with Crippen LogP contribution in [0.3, 0.4) is 0 Å². The van der Waals surface area contributed by atoms with Crippen LogP contribution in [0.4, 0.5) is 9.18 Å². The van der Waals surface area contributed by atoms with Gasteiger partial charge in [0.25, 0.3) is 0 Å². The lowest BCUT2D eigenvalue weighted by Crippen LogP contribution is -2.45. The Morgan fingerprint density at radius 1 is 1.38 bits per heavy atom. The van der Waals surface area contributed by atoms with E-state index in [1.165, 1.54) is 0 Å². The van der Waals surface area contributed by atoms with Crippen LogP contribution in [0.25, 0.3) is 0 Å². The Hall–Kier alpha value is -2.05. The number of hydrogen-bond acceptors (Lipinski definition) is 9. The smallest absolute Gasteiger partial charge is 0.459 e. The summed E-state index contributed by atoms with van der Waals surface area (Å²) in [6.07, 6.45) is -1.12. The molecular weight excluding hydrogens is 534 g/mol. The number of carbonyl (C=O) groups excluding carboxylic acids is 2. The molecule has 3 aliphatic rings. The minimum Gasteiger partial charge on any atom is -0.459 e. The van der Waals surface area contributed by atoms with E-state index in [9.17, 15) is 18.5 Å². The molecule has 37 heavy (non-hydrogen) atoms. The van der Waals surface area contributed by atoms with Gasteiger partial charge in [-0.1, -0.05) is 30.7 Å². The first-order valence-corrected chi connectivity index (χ1v) is 13.8. The van der Waals surface area contributed by atoms with Crippen LogP contribution >= 0.6 is 19.4 Å². The highest BCUT2D eigenvalue weighted by atomic mass is 35.5. The topological polar surface area (TPSA) is 122 Å². The van der Waals surface area contributed by atoms with E-state index in [1.54, 1.807) is 24.3 Å². The number of esters is 1. The van der Waals surface area contributed by atoms with Crippen LogP contribution in [0, 0.1) is 0 Å². The first-order chi connectivity index (χ1) is 17.8. The van der Waals surface area contributed by atoms with Gasteiger partial charge in [-0.3, -0.25) is 23.3 Å². The van der Waals surface area contributed by atoms with Crippen molar-refractivity contribution in [2.24, 2.45) is 0 Å². The van der Waals surface area contributed by atoms with Gasteiger partial charge in [-0.05, 0) is 24.1 Å². The number of nitrogens with zero attached hydrogens (tertiary/aromatic N) is 1. The van der Waals surface area contributed by atoms with Crippen molar-refractivity contribution in [3.8, 4) is 0 Å². The Balaban J connectivity index is 1.45. The third kappa shape index (κ3) is 7.51. The van der Waals surface area contributed by atoms with Gasteiger partial charge >= 0.3 is 19.8 Å². The summed E-state index contributed by atoms with van der Waals surface area (Å²) in [5.74, 6) is -1.15. The summed E-state index contributed by atoms with van der Waals surface area (Å²) >= 11 is 6.07. The second kappa shape index (κ2) is 12.7. The third-order valence-corrected chi connectivity index (χ3v) is 7.52. The van der Waals surface area contributed by atoms with E-state index in [4.69, 9.17) is 39.4 Å². The Morgan fingerprint density at radius 3 is 3.00 bits per heavy atom. The van der Waals surface area contributed by atoms with Crippen LogP contribution < -0.4 is 5.32 Å². The average Bonchev–Trinajstić information content (AvgIpc) is 3.25. The molecule has 0 spiro atoms. The number of ether oxygens (including phenoxy) is 3. The Kier molecular flexibility index (Phi) is 9.57. The summed E-state index contributed by atoms with van der Waals surface area (Å²) in [4.78, 5) is 25.8. The molecule has 2 amide bonds. The Bertz CT molecular complexity index is 1060. The number of urea groups is 1. The molecule has 0 bridgehead atoms. The van der Waals surface area contributed by atoms with Gasteiger partial charge in [-0.15, -0.1) is 0 Å². The maximum absolute atomic E-state index is 14.1. The minimum absolute atomic E-state index is 0.0404. The fourth-order valence-electron chi connectivity index (χ4n) is 4.07. The zero-order chi connectivity index (χ0) is 26.4. The number of halogens is 2. The molecule has 11 nitrogen and oxygen atoms in total. The predicted molar refractivity (Wildman–Crippen MR) is 128 cm³/mol. The second-order valence-corrected chi connectivity index (χ2v) is 10.7. The summed E-state index contributed by atoms with van der Waals surface area (Å²) in [6, 6.07) is 6.33. The molecule has 0 aromatic heterocycles. The molecule has 2 unspecified atom stereocenters. The van der Waals surface area contributed by atoms with Gasteiger partial charge in [-0.2, -0.15) is 0 Å². The van der Waals surface area contributed by atoms with Crippen LogP contribution in [-0.4, -0.2) is 61.9 Å². The molecule has 2 fully saturated rings. The van der Waals surface area contributed by atoms with Crippen LogP contribution in [0.15, 0.2) is 36.3 Å². The van der Waals surface area contributed by atoms with Crippen molar-refractivity contribution in [3.63, 3.8) is 0 Å². The standard InChI is InChI=1S/C23H29ClFN2O9P/c1-2-4-22(28)35-19-10-21(27-11-17(25)12-31-14-26-23(27)29)34-20(19)13-33-37(30)32-8-7-18(36-37)15-5-3-6-16(24)9-15/h3,5-6,9,11,18-21H,2,4,7-8,10,12-14H2,1H3,(H,26,29)/b17-11+/t18?,19-,20+,21+,37?/m0/s1. The zero-order valence-electron chi connectivity index (χ0n) is 20.2.